The van der Waals surface area contributed by atoms with E-state index in [1.165, 1.54) is 38.5 Å². The number of nitriles is 1. The van der Waals surface area contributed by atoms with Crippen LogP contribution in [0.3, 0.4) is 0 Å². The summed E-state index contributed by atoms with van der Waals surface area (Å²) in [5.41, 5.74) is 0. The molecule has 1 aromatic rings. The maximum absolute atomic E-state index is 9.55. The minimum Gasteiger partial charge on any atom is -0.468 e. The van der Waals surface area contributed by atoms with E-state index >= 15 is 0 Å². The van der Waals surface area contributed by atoms with Gasteiger partial charge in [0, 0.05) is 12.1 Å². The highest BCUT2D eigenvalue weighted by molar-refractivity contribution is 5.05. The van der Waals surface area contributed by atoms with Gasteiger partial charge in [-0.1, -0.05) is 19.8 Å². The van der Waals surface area contributed by atoms with Gasteiger partial charge in [0.15, 0.2) is 0 Å². The van der Waals surface area contributed by atoms with E-state index in [1.54, 1.807) is 6.26 Å². The number of hydrogen-bond acceptors (Lipinski definition) is 3. The fraction of sp³-hybridized carbons (Fsp3) is 0.722. The maximum Gasteiger partial charge on any atom is 0.117 e. The third-order valence-electron chi connectivity index (χ3n) is 5.15. The molecule has 2 aliphatic rings. The highest BCUT2D eigenvalue weighted by atomic mass is 16.3. The van der Waals surface area contributed by atoms with Crippen LogP contribution in [0.15, 0.2) is 22.8 Å². The van der Waals surface area contributed by atoms with Crippen molar-refractivity contribution in [1.29, 1.82) is 5.26 Å². The van der Waals surface area contributed by atoms with E-state index in [4.69, 9.17) is 4.42 Å². The Morgan fingerprint density at radius 3 is 2.81 bits per heavy atom. The van der Waals surface area contributed by atoms with Crippen molar-refractivity contribution < 1.29 is 4.42 Å². The van der Waals surface area contributed by atoms with Gasteiger partial charge in [-0.05, 0) is 50.2 Å². The standard InChI is InChI=1S/C18H26N2O/c1-2-4-14-6-7-15(12-19)18(11-14)20(16-8-9-16)13-17-5-3-10-21-17/h3,5,10,14-16,18H,2,4,6-9,11,13H2,1H3. The fourth-order valence-corrected chi connectivity index (χ4v) is 3.92. The van der Waals surface area contributed by atoms with Gasteiger partial charge in [-0.25, -0.2) is 0 Å². The Morgan fingerprint density at radius 2 is 2.19 bits per heavy atom. The summed E-state index contributed by atoms with van der Waals surface area (Å²) < 4.78 is 5.55. The summed E-state index contributed by atoms with van der Waals surface area (Å²) >= 11 is 0. The van der Waals surface area contributed by atoms with E-state index in [2.05, 4.69) is 24.0 Å². The van der Waals surface area contributed by atoms with E-state index in [1.807, 2.05) is 6.07 Å². The lowest BCUT2D eigenvalue weighted by Gasteiger charge is -2.40. The second-order valence-electron chi connectivity index (χ2n) is 6.75. The lowest BCUT2D eigenvalue weighted by molar-refractivity contribution is 0.0780. The van der Waals surface area contributed by atoms with E-state index in [-0.39, 0.29) is 5.92 Å². The number of hydrogen-bond donors (Lipinski definition) is 0. The predicted molar refractivity (Wildman–Crippen MR) is 82.4 cm³/mol. The lowest BCUT2D eigenvalue weighted by Crippen LogP contribution is -2.44. The van der Waals surface area contributed by atoms with Gasteiger partial charge in [0.1, 0.15) is 5.76 Å². The van der Waals surface area contributed by atoms with Crippen molar-refractivity contribution >= 4 is 0 Å². The Morgan fingerprint density at radius 1 is 1.33 bits per heavy atom. The molecule has 0 N–H and O–H groups in total. The summed E-state index contributed by atoms with van der Waals surface area (Å²) in [5.74, 6) is 2.05. The summed E-state index contributed by atoms with van der Waals surface area (Å²) in [6.45, 7) is 3.15. The first-order chi connectivity index (χ1) is 10.3. The smallest absolute Gasteiger partial charge is 0.117 e. The van der Waals surface area contributed by atoms with Crippen molar-refractivity contribution in [3.05, 3.63) is 24.2 Å². The van der Waals surface area contributed by atoms with Crippen LogP contribution >= 0.6 is 0 Å². The Hall–Kier alpha value is -1.27. The van der Waals surface area contributed by atoms with Gasteiger partial charge in [0.2, 0.25) is 0 Å². The molecule has 1 heterocycles. The number of nitrogens with zero attached hydrogens (tertiary/aromatic N) is 2. The topological polar surface area (TPSA) is 40.2 Å². The Balaban J connectivity index is 1.73. The molecule has 1 aromatic heterocycles. The van der Waals surface area contributed by atoms with Crippen LogP contribution in [-0.2, 0) is 6.54 Å². The molecule has 2 fully saturated rings. The minimum absolute atomic E-state index is 0.202. The fourth-order valence-electron chi connectivity index (χ4n) is 3.92. The summed E-state index contributed by atoms with van der Waals surface area (Å²) in [7, 11) is 0. The minimum atomic E-state index is 0.202. The van der Waals surface area contributed by atoms with E-state index < -0.39 is 0 Å². The van der Waals surface area contributed by atoms with Crippen molar-refractivity contribution in [2.24, 2.45) is 11.8 Å². The van der Waals surface area contributed by atoms with Crippen LogP contribution in [0.25, 0.3) is 0 Å². The second-order valence-corrected chi connectivity index (χ2v) is 6.75. The molecular weight excluding hydrogens is 260 g/mol. The predicted octanol–water partition coefficient (Wildman–Crippen LogP) is 4.35. The van der Waals surface area contributed by atoms with Crippen LogP contribution in [0.2, 0.25) is 0 Å². The molecule has 3 heteroatoms. The molecule has 114 valence electrons. The van der Waals surface area contributed by atoms with Crippen LogP contribution in [0.1, 0.15) is 57.6 Å². The van der Waals surface area contributed by atoms with Crippen molar-refractivity contribution in [3.8, 4) is 6.07 Å². The Kier molecular flexibility index (Phi) is 4.65. The van der Waals surface area contributed by atoms with Gasteiger partial charge in [-0.2, -0.15) is 5.26 Å². The molecule has 0 aliphatic heterocycles. The van der Waals surface area contributed by atoms with Crippen LogP contribution in [0, 0.1) is 23.2 Å². The highest BCUT2D eigenvalue weighted by Crippen LogP contribution is 2.40. The van der Waals surface area contributed by atoms with Gasteiger partial charge in [0.25, 0.3) is 0 Å². The van der Waals surface area contributed by atoms with Crippen LogP contribution in [0.5, 0.6) is 0 Å². The van der Waals surface area contributed by atoms with Gasteiger partial charge in [-0.15, -0.1) is 0 Å². The molecule has 0 saturated heterocycles. The summed E-state index contributed by atoms with van der Waals surface area (Å²) in [6.07, 6.45) is 10.4. The normalized spacial score (nSPS) is 29.5. The molecule has 3 unspecified atom stereocenters. The molecular formula is C18H26N2O. The Labute approximate surface area is 127 Å². The first-order valence-corrected chi connectivity index (χ1v) is 8.49. The molecule has 21 heavy (non-hydrogen) atoms. The first kappa shape index (κ1) is 14.7. The second kappa shape index (κ2) is 6.66. The summed E-state index contributed by atoms with van der Waals surface area (Å²) in [4.78, 5) is 2.58. The Bertz CT molecular complexity index is 472. The van der Waals surface area contributed by atoms with Crippen LogP contribution in [-0.4, -0.2) is 17.0 Å². The maximum atomic E-state index is 9.55. The molecule has 0 aromatic carbocycles. The number of rotatable bonds is 6. The van der Waals surface area contributed by atoms with Gasteiger partial charge in [-0.3, -0.25) is 4.90 Å². The van der Waals surface area contributed by atoms with E-state index in [0.29, 0.717) is 12.1 Å². The molecule has 3 rings (SSSR count). The molecule has 2 saturated carbocycles. The molecule has 2 aliphatic carbocycles. The van der Waals surface area contributed by atoms with Crippen LogP contribution < -0.4 is 0 Å². The zero-order valence-electron chi connectivity index (χ0n) is 13.0. The molecule has 3 atom stereocenters. The average Bonchev–Trinajstić information content (AvgIpc) is 3.22. The molecule has 0 amide bonds. The van der Waals surface area contributed by atoms with Gasteiger partial charge in [0.05, 0.1) is 24.8 Å². The molecule has 0 bridgehead atoms. The molecule has 0 spiro atoms. The van der Waals surface area contributed by atoms with Crippen molar-refractivity contribution in [1.82, 2.24) is 4.90 Å². The van der Waals surface area contributed by atoms with Crippen molar-refractivity contribution in [2.75, 3.05) is 0 Å². The first-order valence-electron chi connectivity index (χ1n) is 8.49. The highest BCUT2D eigenvalue weighted by Gasteiger charge is 2.40. The van der Waals surface area contributed by atoms with Crippen molar-refractivity contribution in [2.45, 2.75) is 70.5 Å². The largest absolute Gasteiger partial charge is 0.468 e. The van der Waals surface area contributed by atoms with Crippen molar-refractivity contribution in [3.63, 3.8) is 0 Å². The average molecular weight is 286 g/mol. The molecule has 3 nitrogen and oxygen atoms in total. The van der Waals surface area contributed by atoms with Gasteiger partial charge < -0.3 is 4.42 Å². The monoisotopic (exact) mass is 286 g/mol. The van der Waals surface area contributed by atoms with Crippen LogP contribution in [0.4, 0.5) is 0 Å². The van der Waals surface area contributed by atoms with E-state index in [0.717, 1.165) is 24.6 Å². The lowest BCUT2D eigenvalue weighted by atomic mass is 9.76. The quantitative estimate of drug-likeness (QED) is 0.780. The molecule has 0 radical (unpaired) electrons. The third kappa shape index (κ3) is 3.49. The zero-order valence-corrected chi connectivity index (χ0v) is 13.0. The summed E-state index contributed by atoms with van der Waals surface area (Å²) in [5, 5.41) is 9.55. The zero-order chi connectivity index (χ0) is 14.7. The number of furan rings is 1. The summed E-state index contributed by atoms with van der Waals surface area (Å²) in [6, 6.07) is 7.71. The van der Waals surface area contributed by atoms with Gasteiger partial charge >= 0.3 is 0 Å². The SMILES string of the molecule is CCCC1CCC(C#N)C(N(Cc2ccco2)C2CC2)C1. The third-order valence-corrected chi connectivity index (χ3v) is 5.15. The van der Waals surface area contributed by atoms with E-state index in [9.17, 15) is 5.26 Å².